The number of hydrogen-bond donors (Lipinski definition) is 1. The van der Waals surface area contributed by atoms with Gasteiger partial charge in [-0.05, 0) is 43.0 Å². The molecule has 0 heterocycles. The van der Waals surface area contributed by atoms with Crippen LogP contribution < -0.4 is 5.32 Å². The van der Waals surface area contributed by atoms with Crippen LogP contribution in [0.5, 0.6) is 0 Å². The molecule has 2 rings (SSSR count). The highest BCUT2D eigenvalue weighted by molar-refractivity contribution is 6.34. The summed E-state index contributed by atoms with van der Waals surface area (Å²) < 4.78 is 5.19. The molecule has 1 amide bonds. The Hall–Kier alpha value is -2.33. The number of halogens is 1. The van der Waals surface area contributed by atoms with Crippen molar-refractivity contribution in [2.75, 3.05) is 11.9 Å². The van der Waals surface area contributed by atoms with Crippen LogP contribution in [0.4, 0.5) is 5.69 Å². The lowest BCUT2D eigenvalue weighted by molar-refractivity contribution is -0.149. The van der Waals surface area contributed by atoms with E-state index in [1.807, 2.05) is 57.2 Å². The number of carbonyl (C=O) groups is 2. The van der Waals surface area contributed by atoms with E-state index in [1.165, 1.54) is 0 Å². The van der Waals surface area contributed by atoms with Crippen molar-refractivity contribution >= 4 is 29.2 Å². The molecule has 2 aromatic rings. The van der Waals surface area contributed by atoms with Crippen molar-refractivity contribution in [2.45, 2.75) is 33.1 Å². The Labute approximate surface area is 153 Å². The lowest BCUT2D eigenvalue weighted by atomic mass is 9.97. The number of amides is 1. The van der Waals surface area contributed by atoms with Crippen LogP contribution in [0.1, 0.15) is 36.0 Å². The van der Waals surface area contributed by atoms with Crippen molar-refractivity contribution < 1.29 is 14.3 Å². The number of aryl methyl sites for hydroxylation is 2. The zero-order valence-electron chi connectivity index (χ0n) is 14.6. The maximum Gasteiger partial charge on any atom is 0.313 e. The average molecular weight is 360 g/mol. The minimum Gasteiger partial charge on any atom is -0.455 e. The van der Waals surface area contributed by atoms with Crippen molar-refractivity contribution in [3.8, 4) is 0 Å². The minimum absolute atomic E-state index is 0.341. The van der Waals surface area contributed by atoms with Crippen molar-refractivity contribution in [1.29, 1.82) is 0 Å². The van der Waals surface area contributed by atoms with Gasteiger partial charge in [0.2, 0.25) is 0 Å². The van der Waals surface area contributed by atoms with E-state index in [0.717, 1.165) is 16.7 Å². The van der Waals surface area contributed by atoms with Gasteiger partial charge in [0, 0.05) is 0 Å². The molecule has 0 saturated heterocycles. The van der Waals surface area contributed by atoms with E-state index in [9.17, 15) is 9.59 Å². The molecular formula is C20H22ClNO3. The number of benzene rings is 2. The SMILES string of the molecule is CCC(C(=O)OCC(=O)Nc1c(C)cc(C)cc1Cl)c1ccccc1. The summed E-state index contributed by atoms with van der Waals surface area (Å²) in [5.41, 5.74) is 3.30. The van der Waals surface area contributed by atoms with Crippen LogP contribution in [-0.4, -0.2) is 18.5 Å². The highest BCUT2D eigenvalue weighted by Crippen LogP contribution is 2.27. The first kappa shape index (κ1) is 19.0. The number of rotatable bonds is 6. The molecule has 25 heavy (non-hydrogen) atoms. The van der Waals surface area contributed by atoms with Gasteiger partial charge in [0.1, 0.15) is 0 Å². The van der Waals surface area contributed by atoms with Gasteiger partial charge in [-0.15, -0.1) is 0 Å². The fraction of sp³-hybridized carbons (Fsp3) is 0.300. The van der Waals surface area contributed by atoms with E-state index in [1.54, 1.807) is 6.07 Å². The van der Waals surface area contributed by atoms with Gasteiger partial charge in [0.05, 0.1) is 16.6 Å². The summed E-state index contributed by atoms with van der Waals surface area (Å²) in [6, 6.07) is 13.1. The van der Waals surface area contributed by atoms with Gasteiger partial charge in [0.15, 0.2) is 6.61 Å². The van der Waals surface area contributed by atoms with Crippen LogP contribution >= 0.6 is 11.6 Å². The molecule has 132 valence electrons. The molecule has 0 fully saturated rings. The fourth-order valence-corrected chi connectivity index (χ4v) is 3.08. The summed E-state index contributed by atoms with van der Waals surface area (Å²) >= 11 is 6.17. The smallest absolute Gasteiger partial charge is 0.313 e. The van der Waals surface area contributed by atoms with Gasteiger partial charge in [-0.3, -0.25) is 9.59 Å². The molecule has 0 aliphatic heterocycles. The number of anilines is 1. The summed E-state index contributed by atoms with van der Waals surface area (Å²) in [5, 5.41) is 3.18. The second kappa shape index (κ2) is 8.67. The monoisotopic (exact) mass is 359 g/mol. The van der Waals surface area contributed by atoms with E-state index in [4.69, 9.17) is 16.3 Å². The van der Waals surface area contributed by atoms with E-state index in [-0.39, 0.29) is 12.5 Å². The molecule has 0 radical (unpaired) electrons. The minimum atomic E-state index is -0.412. The summed E-state index contributed by atoms with van der Waals surface area (Å²) in [7, 11) is 0. The van der Waals surface area contributed by atoms with Crippen molar-refractivity contribution in [3.63, 3.8) is 0 Å². The van der Waals surface area contributed by atoms with E-state index >= 15 is 0 Å². The molecule has 1 atom stereocenters. The first-order valence-corrected chi connectivity index (χ1v) is 8.58. The van der Waals surface area contributed by atoms with Crippen LogP contribution in [0.15, 0.2) is 42.5 Å². The molecule has 0 spiro atoms. The first-order chi connectivity index (χ1) is 11.9. The largest absolute Gasteiger partial charge is 0.455 e. The second-order valence-corrected chi connectivity index (χ2v) is 6.37. The Morgan fingerprint density at radius 3 is 2.44 bits per heavy atom. The zero-order valence-corrected chi connectivity index (χ0v) is 15.4. The Kier molecular flexibility index (Phi) is 6.59. The second-order valence-electron chi connectivity index (χ2n) is 5.97. The Balaban J connectivity index is 1.97. The first-order valence-electron chi connectivity index (χ1n) is 8.20. The van der Waals surface area contributed by atoms with Crippen molar-refractivity contribution in [3.05, 3.63) is 64.2 Å². The summed E-state index contributed by atoms with van der Waals surface area (Å²) in [6.07, 6.45) is 0.605. The van der Waals surface area contributed by atoms with Gasteiger partial charge in [-0.1, -0.05) is 54.9 Å². The topological polar surface area (TPSA) is 55.4 Å². The lowest BCUT2D eigenvalue weighted by Gasteiger charge is -2.15. The summed E-state index contributed by atoms with van der Waals surface area (Å²) in [5.74, 6) is -1.20. The highest BCUT2D eigenvalue weighted by Gasteiger charge is 2.21. The van der Waals surface area contributed by atoms with Gasteiger partial charge in [0.25, 0.3) is 5.91 Å². The molecule has 1 unspecified atom stereocenters. The van der Waals surface area contributed by atoms with Crippen LogP contribution in [-0.2, 0) is 14.3 Å². The normalized spacial score (nSPS) is 11.7. The van der Waals surface area contributed by atoms with E-state index < -0.39 is 11.9 Å². The number of ether oxygens (including phenoxy) is 1. The molecule has 0 aliphatic rings. The molecular weight excluding hydrogens is 338 g/mol. The van der Waals surface area contributed by atoms with Gasteiger partial charge in [-0.2, -0.15) is 0 Å². The van der Waals surface area contributed by atoms with Gasteiger partial charge < -0.3 is 10.1 Å². The zero-order chi connectivity index (χ0) is 18.4. The molecule has 0 bridgehead atoms. The predicted molar refractivity (Wildman–Crippen MR) is 100.0 cm³/mol. The molecule has 2 aromatic carbocycles. The van der Waals surface area contributed by atoms with Crippen LogP contribution in [0.2, 0.25) is 5.02 Å². The number of esters is 1. The molecule has 0 saturated carbocycles. The van der Waals surface area contributed by atoms with Crippen LogP contribution in [0, 0.1) is 13.8 Å². The van der Waals surface area contributed by atoms with E-state index in [2.05, 4.69) is 5.32 Å². The molecule has 5 heteroatoms. The Bertz CT molecular complexity index is 736. The van der Waals surface area contributed by atoms with Crippen LogP contribution in [0.25, 0.3) is 0 Å². The average Bonchev–Trinajstić information content (AvgIpc) is 2.58. The number of nitrogens with one attached hydrogen (secondary N) is 1. The summed E-state index contributed by atoms with van der Waals surface area (Å²) in [4.78, 5) is 24.4. The Morgan fingerprint density at radius 1 is 1.16 bits per heavy atom. The molecule has 0 aromatic heterocycles. The predicted octanol–water partition coefficient (Wildman–Crippen LogP) is 4.63. The third-order valence-electron chi connectivity index (χ3n) is 3.94. The van der Waals surface area contributed by atoms with Gasteiger partial charge in [-0.25, -0.2) is 0 Å². The Morgan fingerprint density at radius 2 is 1.84 bits per heavy atom. The van der Waals surface area contributed by atoms with Gasteiger partial charge >= 0.3 is 5.97 Å². The highest BCUT2D eigenvalue weighted by atomic mass is 35.5. The maximum atomic E-state index is 12.3. The fourth-order valence-electron chi connectivity index (χ4n) is 2.71. The maximum absolute atomic E-state index is 12.3. The van der Waals surface area contributed by atoms with Crippen LogP contribution in [0.3, 0.4) is 0 Å². The number of carbonyl (C=O) groups excluding carboxylic acids is 2. The molecule has 1 N–H and O–H groups in total. The van der Waals surface area contributed by atoms with Crippen molar-refractivity contribution in [1.82, 2.24) is 0 Å². The number of hydrogen-bond acceptors (Lipinski definition) is 3. The summed E-state index contributed by atoms with van der Waals surface area (Å²) in [6.45, 7) is 5.37. The standard InChI is InChI=1S/C20H22ClNO3/c1-4-16(15-8-6-5-7-9-15)20(24)25-12-18(23)22-19-14(3)10-13(2)11-17(19)21/h5-11,16H,4,12H2,1-3H3,(H,22,23). The lowest BCUT2D eigenvalue weighted by Crippen LogP contribution is -2.24. The van der Waals surface area contributed by atoms with Crippen molar-refractivity contribution in [2.24, 2.45) is 0 Å². The molecule has 0 aliphatic carbocycles. The van der Waals surface area contributed by atoms with E-state index in [0.29, 0.717) is 17.1 Å². The third-order valence-corrected chi connectivity index (χ3v) is 4.23. The quantitative estimate of drug-likeness (QED) is 0.765. The third kappa shape index (κ3) is 5.07. The molecule has 4 nitrogen and oxygen atoms in total.